The number of rotatable bonds is 1. The minimum Gasteiger partial charge on any atom is -0.143 e. The fourth-order valence-electron chi connectivity index (χ4n) is 1.26. The molecule has 0 unspecified atom stereocenters. The van der Waals surface area contributed by atoms with Gasteiger partial charge in [0.05, 0.1) is 0 Å². The zero-order valence-electron chi connectivity index (χ0n) is 6.55. The van der Waals surface area contributed by atoms with E-state index in [0.29, 0.717) is 5.88 Å². The monoisotopic (exact) mass is 340 g/mol. The summed E-state index contributed by atoms with van der Waals surface area (Å²) in [7, 11) is 0. The highest BCUT2D eigenvalue weighted by Gasteiger charge is 2.08. The van der Waals surface area contributed by atoms with Gasteiger partial charge in [-0.2, -0.15) is 0 Å². The Kier molecular flexibility index (Phi) is 3.07. The molecule has 2 rings (SSSR count). The number of hydrogen-bond acceptors (Lipinski definition) is 2. The lowest BCUT2D eigenvalue weighted by Gasteiger charge is -2.04. The van der Waals surface area contributed by atoms with E-state index in [1.807, 2.05) is 0 Å². The van der Waals surface area contributed by atoms with Gasteiger partial charge in [-0.25, -0.2) is 0 Å². The zero-order chi connectivity index (χ0) is 9.42. The molecule has 0 aliphatic carbocycles. The lowest BCUT2D eigenvalue weighted by Crippen LogP contribution is -1.85. The maximum Gasteiger partial charge on any atom is 0.0498 e. The first-order valence-electron chi connectivity index (χ1n) is 3.67. The second-order valence-electron chi connectivity index (χ2n) is 2.65. The molecule has 0 aliphatic heterocycles. The minimum atomic E-state index is 0.573. The van der Waals surface area contributed by atoms with Gasteiger partial charge in [0.15, 0.2) is 0 Å². The van der Waals surface area contributed by atoms with Crippen molar-refractivity contribution >= 4 is 68.2 Å². The lowest BCUT2D eigenvalue weighted by atomic mass is 10.2. The molecule has 68 valence electrons. The Hall–Kier alpha value is 0.550. The Morgan fingerprint density at radius 3 is 3.00 bits per heavy atom. The molecule has 1 aromatic heterocycles. The summed E-state index contributed by atoms with van der Waals surface area (Å²) in [5.41, 5.74) is 1.23. The van der Waals surface area contributed by atoms with E-state index in [9.17, 15) is 0 Å². The largest absolute Gasteiger partial charge is 0.143 e. The number of halogens is 2. The van der Waals surface area contributed by atoms with Crippen LogP contribution in [-0.2, 0) is 5.88 Å². The van der Waals surface area contributed by atoms with Crippen molar-refractivity contribution in [2.45, 2.75) is 10.8 Å². The molecule has 4 heteroatoms. The standard InChI is InChI=1S/C9H6ClIS2/c10-4-6-7(11)3-8(12)5-1-2-13-9(5)6/h1-3,12H,4H2. The van der Waals surface area contributed by atoms with Gasteiger partial charge in [0.2, 0.25) is 0 Å². The molecule has 13 heavy (non-hydrogen) atoms. The van der Waals surface area contributed by atoms with Gasteiger partial charge in [-0.05, 0) is 45.7 Å². The third kappa shape index (κ3) is 1.71. The Labute approximate surface area is 105 Å². The molecule has 0 amide bonds. The maximum absolute atomic E-state index is 5.90. The summed E-state index contributed by atoms with van der Waals surface area (Å²) in [4.78, 5) is 1.04. The van der Waals surface area contributed by atoms with E-state index in [2.05, 4.69) is 52.7 Å². The normalized spacial score (nSPS) is 11.0. The molecule has 1 heterocycles. The van der Waals surface area contributed by atoms with Crippen LogP contribution in [0.2, 0.25) is 0 Å². The quantitative estimate of drug-likeness (QED) is 0.440. The smallest absolute Gasteiger partial charge is 0.0498 e. The van der Waals surface area contributed by atoms with Crippen LogP contribution in [0.5, 0.6) is 0 Å². The fourth-order valence-corrected chi connectivity index (χ4v) is 4.41. The van der Waals surface area contributed by atoms with Crippen LogP contribution in [0.3, 0.4) is 0 Å². The predicted octanol–water partition coefficient (Wildman–Crippen LogP) is 4.53. The van der Waals surface area contributed by atoms with E-state index in [0.717, 1.165) is 4.90 Å². The minimum absolute atomic E-state index is 0.573. The van der Waals surface area contributed by atoms with Gasteiger partial charge in [0, 0.05) is 24.4 Å². The molecule has 2 aromatic rings. The van der Waals surface area contributed by atoms with Crippen LogP contribution in [0.4, 0.5) is 0 Å². The molecule has 0 radical (unpaired) electrons. The van der Waals surface area contributed by atoms with E-state index in [4.69, 9.17) is 11.6 Å². The number of thiol groups is 1. The highest BCUT2D eigenvalue weighted by Crippen LogP contribution is 2.34. The van der Waals surface area contributed by atoms with Crippen molar-refractivity contribution in [1.29, 1.82) is 0 Å². The van der Waals surface area contributed by atoms with Crippen molar-refractivity contribution < 1.29 is 0 Å². The number of fused-ring (bicyclic) bond motifs is 1. The Bertz CT molecular complexity index is 450. The van der Waals surface area contributed by atoms with Gasteiger partial charge >= 0.3 is 0 Å². The first-order chi connectivity index (χ1) is 6.24. The number of alkyl halides is 1. The third-order valence-corrected chi connectivity index (χ3v) is 4.47. The molecule has 0 nitrogen and oxygen atoms in total. The molecular weight excluding hydrogens is 335 g/mol. The van der Waals surface area contributed by atoms with Crippen molar-refractivity contribution in [2.24, 2.45) is 0 Å². The summed E-state index contributed by atoms with van der Waals surface area (Å²) in [5.74, 6) is 0.573. The van der Waals surface area contributed by atoms with Crippen LogP contribution in [0.15, 0.2) is 22.4 Å². The van der Waals surface area contributed by atoms with Crippen molar-refractivity contribution in [1.82, 2.24) is 0 Å². The van der Waals surface area contributed by atoms with Crippen LogP contribution in [0.25, 0.3) is 10.1 Å². The Balaban J connectivity index is 2.88. The first kappa shape index (κ1) is 10.1. The summed E-state index contributed by atoms with van der Waals surface area (Å²) in [5, 5.41) is 3.29. The second-order valence-corrected chi connectivity index (χ2v) is 5.48. The highest BCUT2D eigenvalue weighted by molar-refractivity contribution is 14.1. The van der Waals surface area contributed by atoms with Crippen molar-refractivity contribution in [3.63, 3.8) is 0 Å². The molecule has 0 N–H and O–H groups in total. The molecule has 0 atom stereocenters. The Morgan fingerprint density at radius 1 is 1.54 bits per heavy atom. The van der Waals surface area contributed by atoms with Gasteiger partial charge in [-0.15, -0.1) is 35.6 Å². The van der Waals surface area contributed by atoms with E-state index in [-0.39, 0.29) is 0 Å². The third-order valence-electron chi connectivity index (χ3n) is 1.90. The number of thiophene rings is 1. The van der Waals surface area contributed by atoms with E-state index >= 15 is 0 Å². The van der Waals surface area contributed by atoms with Crippen LogP contribution >= 0.6 is 58.2 Å². The van der Waals surface area contributed by atoms with E-state index in [1.54, 1.807) is 11.3 Å². The van der Waals surface area contributed by atoms with Gasteiger partial charge in [0.1, 0.15) is 0 Å². The summed E-state index contributed by atoms with van der Waals surface area (Å²) >= 11 is 14.4. The van der Waals surface area contributed by atoms with E-state index < -0.39 is 0 Å². The summed E-state index contributed by atoms with van der Waals surface area (Å²) in [6, 6.07) is 4.16. The SMILES string of the molecule is Sc1cc(I)c(CCl)c2sccc12. The van der Waals surface area contributed by atoms with Crippen molar-refractivity contribution in [2.75, 3.05) is 0 Å². The summed E-state index contributed by atoms with van der Waals surface area (Å²) < 4.78 is 2.47. The van der Waals surface area contributed by atoms with Crippen LogP contribution in [0, 0.1) is 3.57 Å². The van der Waals surface area contributed by atoms with Crippen LogP contribution < -0.4 is 0 Å². The first-order valence-corrected chi connectivity index (χ1v) is 6.61. The molecule has 0 saturated carbocycles. The fraction of sp³-hybridized carbons (Fsp3) is 0.111. The topological polar surface area (TPSA) is 0 Å². The predicted molar refractivity (Wildman–Crippen MR) is 71.4 cm³/mol. The van der Waals surface area contributed by atoms with Gasteiger partial charge in [-0.1, -0.05) is 0 Å². The van der Waals surface area contributed by atoms with Gasteiger partial charge in [0.25, 0.3) is 0 Å². The molecule has 0 saturated heterocycles. The van der Waals surface area contributed by atoms with Crippen molar-refractivity contribution in [3.8, 4) is 0 Å². The Morgan fingerprint density at radius 2 is 2.31 bits per heavy atom. The molecule has 0 aliphatic rings. The van der Waals surface area contributed by atoms with Crippen LogP contribution in [-0.4, -0.2) is 0 Å². The van der Waals surface area contributed by atoms with Gasteiger partial charge in [-0.3, -0.25) is 0 Å². The summed E-state index contributed by atoms with van der Waals surface area (Å²) in [6.45, 7) is 0. The highest BCUT2D eigenvalue weighted by atomic mass is 127. The van der Waals surface area contributed by atoms with Gasteiger partial charge < -0.3 is 0 Å². The van der Waals surface area contributed by atoms with E-state index in [1.165, 1.54) is 19.2 Å². The van der Waals surface area contributed by atoms with Crippen molar-refractivity contribution in [3.05, 3.63) is 26.6 Å². The number of benzene rings is 1. The molecule has 0 spiro atoms. The van der Waals surface area contributed by atoms with Crippen LogP contribution in [0.1, 0.15) is 5.56 Å². The average Bonchev–Trinajstić information content (AvgIpc) is 2.53. The average molecular weight is 341 g/mol. The molecule has 0 bridgehead atoms. The molecular formula is C9H6ClIS2. The summed E-state index contributed by atoms with van der Waals surface area (Å²) in [6.07, 6.45) is 0. The zero-order valence-corrected chi connectivity index (χ0v) is 11.2. The maximum atomic E-state index is 5.90. The molecule has 1 aromatic carbocycles. The second kappa shape index (κ2) is 3.96. The number of hydrogen-bond donors (Lipinski definition) is 1. The lowest BCUT2D eigenvalue weighted by molar-refractivity contribution is 1.39. The molecule has 0 fully saturated rings.